The largest absolute Gasteiger partial charge is 0.396 e. The maximum Gasteiger partial charge on any atom is 0.228 e. The molecule has 1 rings (SSSR count). The molecule has 1 aliphatic rings. The van der Waals surface area contributed by atoms with Crippen LogP contribution in [0.15, 0.2) is 0 Å². The second-order valence-electron chi connectivity index (χ2n) is 4.62. The molecular weight excluding hydrogens is 206 g/mol. The fourth-order valence-corrected chi connectivity index (χ4v) is 2.03. The van der Waals surface area contributed by atoms with Crippen LogP contribution >= 0.6 is 0 Å². The molecule has 4 nitrogen and oxygen atoms in total. The van der Waals surface area contributed by atoms with Crippen LogP contribution in [0.2, 0.25) is 0 Å². The van der Waals surface area contributed by atoms with Gasteiger partial charge in [-0.2, -0.15) is 0 Å². The third-order valence-corrected chi connectivity index (χ3v) is 2.97. The van der Waals surface area contributed by atoms with Crippen molar-refractivity contribution in [3.63, 3.8) is 0 Å². The molecular formula is C12H23NO3. The Hall–Kier alpha value is -0.610. The van der Waals surface area contributed by atoms with Crippen molar-refractivity contribution in [2.24, 2.45) is 5.92 Å². The summed E-state index contributed by atoms with van der Waals surface area (Å²) in [6.45, 7) is 6.14. The number of carbonyl (C=O) groups is 1. The van der Waals surface area contributed by atoms with Crippen LogP contribution in [0.3, 0.4) is 0 Å². The Kier molecular flexibility index (Phi) is 5.77. The molecule has 0 aromatic carbocycles. The number of nitrogens with zero attached hydrogens (tertiary/aromatic N) is 1. The van der Waals surface area contributed by atoms with Gasteiger partial charge in [0.1, 0.15) is 0 Å². The summed E-state index contributed by atoms with van der Waals surface area (Å²) in [7, 11) is 0. The molecule has 1 fully saturated rings. The summed E-state index contributed by atoms with van der Waals surface area (Å²) < 4.78 is 5.34. The highest BCUT2D eigenvalue weighted by molar-refractivity contribution is 5.79. The van der Waals surface area contributed by atoms with Gasteiger partial charge in [-0.3, -0.25) is 4.79 Å². The Bertz CT molecular complexity index is 212. The molecule has 0 spiro atoms. The highest BCUT2D eigenvalue weighted by Gasteiger charge is 2.27. The van der Waals surface area contributed by atoms with Crippen LogP contribution in [0.5, 0.6) is 0 Å². The molecule has 1 amide bonds. The van der Waals surface area contributed by atoms with Gasteiger partial charge in [-0.1, -0.05) is 0 Å². The highest BCUT2D eigenvalue weighted by atomic mass is 16.5. The predicted octanol–water partition coefficient (Wildman–Crippen LogP) is 1.03. The van der Waals surface area contributed by atoms with Gasteiger partial charge in [0.05, 0.1) is 12.5 Å². The van der Waals surface area contributed by atoms with E-state index in [1.807, 2.05) is 18.7 Å². The number of rotatable bonds is 5. The van der Waals surface area contributed by atoms with Crippen LogP contribution < -0.4 is 0 Å². The summed E-state index contributed by atoms with van der Waals surface area (Å²) in [5.41, 5.74) is 0. The fourth-order valence-electron chi connectivity index (χ4n) is 2.03. The monoisotopic (exact) mass is 229 g/mol. The minimum Gasteiger partial charge on any atom is -0.396 e. The van der Waals surface area contributed by atoms with Gasteiger partial charge >= 0.3 is 0 Å². The van der Waals surface area contributed by atoms with Crippen LogP contribution in [0.25, 0.3) is 0 Å². The van der Waals surface area contributed by atoms with Gasteiger partial charge in [0.2, 0.25) is 5.91 Å². The fraction of sp³-hybridized carbons (Fsp3) is 0.917. The molecule has 0 saturated carbocycles. The van der Waals surface area contributed by atoms with Crippen molar-refractivity contribution >= 4 is 5.91 Å². The first-order valence-corrected chi connectivity index (χ1v) is 6.16. The van der Waals surface area contributed by atoms with E-state index in [4.69, 9.17) is 9.84 Å². The normalized spacial score (nSPS) is 21.1. The van der Waals surface area contributed by atoms with Crippen molar-refractivity contribution in [3.8, 4) is 0 Å². The smallest absolute Gasteiger partial charge is 0.228 e. The molecule has 4 heteroatoms. The van der Waals surface area contributed by atoms with Crippen LogP contribution in [-0.4, -0.2) is 48.3 Å². The molecule has 0 aromatic heterocycles. The van der Waals surface area contributed by atoms with E-state index in [1.165, 1.54) is 0 Å². The van der Waals surface area contributed by atoms with Gasteiger partial charge < -0.3 is 14.7 Å². The zero-order valence-corrected chi connectivity index (χ0v) is 10.3. The summed E-state index contributed by atoms with van der Waals surface area (Å²) in [6, 6.07) is 0.195. The predicted molar refractivity (Wildman–Crippen MR) is 62.1 cm³/mol. The van der Waals surface area contributed by atoms with Crippen LogP contribution in [0.1, 0.15) is 33.1 Å². The first kappa shape index (κ1) is 13.5. The Labute approximate surface area is 97.6 Å². The van der Waals surface area contributed by atoms with Crippen molar-refractivity contribution in [2.45, 2.75) is 39.2 Å². The number of hydrogen-bond donors (Lipinski definition) is 1. The molecule has 94 valence electrons. The maximum atomic E-state index is 12.2. The molecule has 1 saturated heterocycles. The van der Waals surface area contributed by atoms with E-state index >= 15 is 0 Å². The second kappa shape index (κ2) is 6.86. The summed E-state index contributed by atoms with van der Waals surface area (Å²) in [5.74, 6) is 0.206. The zero-order chi connectivity index (χ0) is 12.0. The molecule has 0 bridgehead atoms. The summed E-state index contributed by atoms with van der Waals surface area (Å²) in [6.07, 6.45) is 2.56. The van der Waals surface area contributed by atoms with Crippen molar-refractivity contribution in [1.82, 2.24) is 4.90 Å². The van der Waals surface area contributed by atoms with Crippen molar-refractivity contribution in [3.05, 3.63) is 0 Å². The lowest BCUT2D eigenvalue weighted by Gasteiger charge is -2.32. The topological polar surface area (TPSA) is 49.8 Å². The van der Waals surface area contributed by atoms with Crippen LogP contribution in [0.4, 0.5) is 0 Å². The van der Waals surface area contributed by atoms with E-state index in [-0.39, 0.29) is 24.5 Å². The van der Waals surface area contributed by atoms with E-state index in [1.54, 1.807) is 0 Å². The number of ether oxygens (including phenoxy) is 1. The number of amides is 1. The summed E-state index contributed by atoms with van der Waals surface area (Å²) in [5, 5.41) is 8.83. The quantitative estimate of drug-likeness (QED) is 0.766. The number of hydrogen-bond acceptors (Lipinski definition) is 3. The molecule has 1 atom stereocenters. The van der Waals surface area contributed by atoms with Gasteiger partial charge in [-0.25, -0.2) is 0 Å². The average molecular weight is 229 g/mol. The lowest BCUT2D eigenvalue weighted by Crippen LogP contribution is -2.44. The molecule has 0 aliphatic carbocycles. The molecule has 1 heterocycles. The third kappa shape index (κ3) is 3.76. The van der Waals surface area contributed by atoms with E-state index < -0.39 is 0 Å². The minimum absolute atomic E-state index is 0.0230. The van der Waals surface area contributed by atoms with E-state index in [9.17, 15) is 4.79 Å². The SMILES string of the molecule is CC(C)N(CCCO)C(=O)C1CCCOC1. The van der Waals surface area contributed by atoms with Gasteiger partial charge in [0.15, 0.2) is 0 Å². The molecule has 0 radical (unpaired) electrons. The number of carbonyl (C=O) groups excluding carboxylic acids is 1. The van der Waals surface area contributed by atoms with Gasteiger partial charge in [-0.15, -0.1) is 0 Å². The lowest BCUT2D eigenvalue weighted by molar-refractivity contribution is -0.141. The first-order valence-electron chi connectivity index (χ1n) is 6.16. The molecule has 0 aromatic rings. The highest BCUT2D eigenvalue weighted by Crippen LogP contribution is 2.18. The van der Waals surface area contributed by atoms with Crippen molar-refractivity contribution in [1.29, 1.82) is 0 Å². The molecule has 1 aliphatic heterocycles. The summed E-state index contributed by atoms with van der Waals surface area (Å²) in [4.78, 5) is 14.1. The summed E-state index contributed by atoms with van der Waals surface area (Å²) >= 11 is 0. The van der Waals surface area contributed by atoms with Gasteiger partial charge in [-0.05, 0) is 33.1 Å². The van der Waals surface area contributed by atoms with Gasteiger partial charge in [0.25, 0.3) is 0 Å². The van der Waals surface area contributed by atoms with E-state index in [0.29, 0.717) is 19.6 Å². The van der Waals surface area contributed by atoms with Crippen molar-refractivity contribution < 1.29 is 14.6 Å². The molecule has 1 unspecified atom stereocenters. The Morgan fingerprint density at radius 1 is 1.56 bits per heavy atom. The Morgan fingerprint density at radius 2 is 2.31 bits per heavy atom. The first-order chi connectivity index (χ1) is 7.66. The standard InChI is InChI=1S/C12H23NO3/c1-10(2)13(6-4-7-14)12(15)11-5-3-8-16-9-11/h10-11,14H,3-9H2,1-2H3. The van der Waals surface area contributed by atoms with Crippen LogP contribution in [0, 0.1) is 5.92 Å². The molecule has 1 N–H and O–H groups in total. The van der Waals surface area contributed by atoms with Gasteiger partial charge in [0, 0.05) is 25.8 Å². The maximum absolute atomic E-state index is 12.2. The van der Waals surface area contributed by atoms with E-state index in [2.05, 4.69) is 0 Å². The zero-order valence-electron chi connectivity index (χ0n) is 10.3. The number of aliphatic hydroxyl groups excluding tert-OH is 1. The van der Waals surface area contributed by atoms with Crippen LogP contribution in [-0.2, 0) is 9.53 Å². The Morgan fingerprint density at radius 3 is 2.81 bits per heavy atom. The lowest BCUT2D eigenvalue weighted by atomic mass is 10.00. The minimum atomic E-state index is 0.0230. The molecule has 16 heavy (non-hydrogen) atoms. The van der Waals surface area contributed by atoms with Crippen molar-refractivity contribution in [2.75, 3.05) is 26.4 Å². The van der Waals surface area contributed by atoms with E-state index in [0.717, 1.165) is 19.4 Å². The average Bonchev–Trinajstić information content (AvgIpc) is 2.30. The Balaban J connectivity index is 2.51. The number of aliphatic hydroxyl groups is 1. The third-order valence-electron chi connectivity index (χ3n) is 2.97. The second-order valence-corrected chi connectivity index (χ2v) is 4.62.